The molecule has 0 aliphatic carbocycles. The number of aryl methyl sites for hydroxylation is 1. The lowest BCUT2D eigenvalue weighted by molar-refractivity contribution is -0.140. The molecule has 1 heterocycles. The van der Waals surface area contributed by atoms with Gasteiger partial charge in [0.15, 0.2) is 5.78 Å². The van der Waals surface area contributed by atoms with Crippen LogP contribution in [0.3, 0.4) is 0 Å². The number of carbonyl (C=O) groups excluding carboxylic acids is 1. The molecule has 0 amide bonds. The van der Waals surface area contributed by atoms with Gasteiger partial charge < -0.3 is 4.98 Å². The molecular formula is C12H10F3NO. The standard InChI is InChI=1S/C12H10F3NO/c1-6-4-3-5-8-9(7(2)17)11(12(13,14)15)16-10(6)8/h3-5,16H,1-2H3. The van der Waals surface area contributed by atoms with E-state index in [1.54, 1.807) is 19.1 Å². The van der Waals surface area contributed by atoms with E-state index in [1.165, 1.54) is 6.07 Å². The van der Waals surface area contributed by atoms with Crippen molar-refractivity contribution >= 4 is 16.7 Å². The first-order valence-corrected chi connectivity index (χ1v) is 5.02. The number of aromatic amines is 1. The van der Waals surface area contributed by atoms with Gasteiger partial charge in [0.25, 0.3) is 0 Å². The van der Waals surface area contributed by atoms with Crippen LogP contribution in [0.5, 0.6) is 0 Å². The minimum atomic E-state index is -4.55. The van der Waals surface area contributed by atoms with Gasteiger partial charge in [-0.05, 0) is 19.4 Å². The predicted octanol–water partition coefficient (Wildman–Crippen LogP) is 3.70. The zero-order chi connectivity index (χ0) is 12.8. The van der Waals surface area contributed by atoms with Crippen molar-refractivity contribution in [2.75, 3.05) is 0 Å². The van der Waals surface area contributed by atoms with Gasteiger partial charge in [-0.1, -0.05) is 18.2 Å². The molecule has 0 atom stereocenters. The number of alkyl halides is 3. The number of rotatable bonds is 1. The summed E-state index contributed by atoms with van der Waals surface area (Å²) < 4.78 is 38.4. The summed E-state index contributed by atoms with van der Waals surface area (Å²) in [5, 5.41) is 0.324. The smallest absolute Gasteiger partial charge is 0.350 e. The maximum absolute atomic E-state index is 12.8. The topological polar surface area (TPSA) is 32.9 Å². The average Bonchev–Trinajstić information content (AvgIpc) is 2.57. The van der Waals surface area contributed by atoms with Crippen LogP contribution < -0.4 is 0 Å². The molecule has 2 aromatic rings. The zero-order valence-electron chi connectivity index (χ0n) is 9.27. The highest BCUT2D eigenvalue weighted by Crippen LogP contribution is 2.36. The number of aromatic nitrogens is 1. The fourth-order valence-corrected chi connectivity index (χ4v) is 1.94. The van der Waals surface area contributed by atoms with Crippen LogP contribution in [0.1, 0.15) is 28.5 Å². The van der Waals surface area contributed by atoms with E-state index in [4.69, 9.17) is 0 Å². The van der Waals surface area contributed by atoms with Crippen molar-refractivity contribution in [3.8, 4) is 0 Å². The Hall–Kier alpha value is -1.78. The Morgan fingerprint density at radius 3 is 2.47 bits per heavy atom. The molecule has 0 radical (unpaired) electrons. The Morgan fingerprint density at radius 2 is 1.94 bits per heavy atom. The third kappa shape index (κ3) is 1.81. The van der Waals surface area contributed by atoms with Gasteiger partial charge in [-0.2, -0.15) is 13.2 Å². The Kier molecular flexibility index (Phi) is 2.49. The first-order chi connectivity index (χ1) is 7.82. The fraction of sp³-hybridized carbons (Fsp3) is 0.250. The van der Waals surface area contributed by atoms with E-state index in [0.717, 1.165) is 6.92 Å². The summed E-state index contributed by atoms with van der Waals surface area (Å²) in [4.78, 5) is 13.7. The number of hydrogen-bond donors (Lipinski definition) is 1. The van der Waals surface area contributed by atoms with Crippen molar-refractivity contribution in [1.82, 2.24) is 4.98 Å². The quantitative estimate of drug-likeness (QED) is 0.758. The second-order valence-electron chi connectivity index (χ2n) is 3.93. The summed E-state index contributed by atoms with van der Waals surface area (Å²) in [6, 6.07) is 4.85. The summed E-state index contributed by atoms with van der Waals surface area (Å²) in [7, 11) is 0. The molecule has 0 spiro atoms. The summed E-state index contributed by atoms with van der Waals surface area (Å²) in [5.41, 5.74) is -0.198. The first kappa shape index (κ1) is 11.7. The second-order valence-corrected chi connectivity index (χ2v) is 3.93. The molecule has 2 rings (SSSR count). The van der Waals surface area contributed by atoms with Gasteiger partial charge in [0.05, 0.1) is 5.56 Å². The van der Waals surface area contributed by atoms with Crippen LogP contribution in [0.25, 0.3) is 10.9 Å². The van der Waals surface area contributed by atoms with Gasteiger partial charge in [0.1, 0.15) is 5.69 Å². The van der Waals surface area contributed by atoms with E-state index in [1.807, 2.05) is 0 Å². The van der Waals surface area contributed by atoms with Crippen molar-refractivity contribution < 1.29 is 18.0 Å². The number of Topliss-reactive ketones (excluding diaryl/α,β-unsaturated/α-hetero) is 1. The van der Waals surface area contributed by atoms with Gasteiger partial charge >= 0.3 is 6.18 Å². The van der Waals surface area contributed by atoms with Crippen LogP contribution >= 0.6 is 0 Å². The molecule has 1 N–H and O–H groups in total. The minimum absolute atomic E-state index is 0.281. The monoisotopic (exact) mass is 241 g/mol. The van der Waals surface area contributed by atoms with Crippen LogP contribution in [0.2, 0.25) is 0 Å². The third-order valence-electron chi connectivity index (χ3n) is 2.68. The molecule has 0 saturated carbocycles. The highest BCUT2D eigenvalue weighted by Gasteiger charge is 2.37. The van der Waals surface area contributed by atoms with E-state index in [-0.39, 0.29) is 5.56 Å². The molecule has 1 aromatic carbocycles. The number of H-pyrrole nitrogens is 1. The Bertz CT molecular complexity index is 596. The first-order valence-electron chi connectivity index (χ1n) is 5.02. The molecule has 0 fully saturated rings. The van der Waals surface area contributed by atoms with Crippen molar-refractivity contribution in [3.63, 3.8) is 0 Å². The van der Waals surface area contributed by atoms with Crippen molar-refractivity contribution in [2.45, 2.75) is 20.0 Å². The van der Waals surface area contributed by atoms with E-state index in [0.29, 0.717) is 16.5 Å². The van der Waals surface area contributed by atoms with Crippen LogP contribution in [-0.2, 0) is 6.18 Å². The van der Waals surface area contributed by atoms with E-state index in [2.05, 4.69) is 4.98 Å². The van der Waals surface area contributed by atoms with Crippen LogP contribution in [0.15, 0.2) is 18.2 Å². The lowest BCUT2D eigenvalue weighted by atomic mass is 10.1. The van der Waals surface area contributed by atoms with Crippen molar-refractivity contribution in [3.05, 3.63) is 35.0 Å². The van der Waals surface area contributed by atoms with Gasteiger partial charge in [0, 0.05) is 10.9 Å². The summed E-state index contributed by atoms with van der Waals surface area (Å²) in [6.07, 6.45) is -4.55. The molecule has 0 aliphatic rings. The fourth-order valence-electron chi connectivity index (χ4n) is 1.94. The van der Waals surface area contributed by atoms with Gasteiger partial charge in [-0.25, -0.2) is 0 Å². The van der Waals surface area contributed by atoms with Gasteiger partial charge in [-0.3, -0.25) is 4.79 Å². The molecule has 17 heavy (non-hydrogen) atoms. The highest BCUT2D eigenvalue weighted by molar-refractivity contribution is 6.08. The number of benzene rings is 1. The number of para-hydroxylation sites is 1. The number of hydrogen-bond acceptors (Lipinski definition) is 1. The molecule has 90 valence electrons. The number of nitrogens with one attached hydrogen (secondary N) is 1. The molecule has 0 saturated heterocycles. The zero-order valence-corrected chi connectivity index (χ0v) is 9.27. The van der Waals surface area contributed by atoms with Crippen molar-refractivity contribution in [2.24, 2.45) is 0 Å². The molecule has 5 heteroatoms. The van der Waals surface area contributed by atoms with E-state index < -0.39 is 17.7 Å². The molecule has 0 unspecified atom stereocenters. The SMILES string of the molecule is CC(=O)c1c(C(F)(F)F)[nH]c2c(C)cccc12. The maximum atomic E-state index is 12.8. The summed E-state index contributed by atoms with van der Waals surface area (Å²) in [5.74, 6) is -0.589. The molecular weight excluding hydrogens is 231 g/mol. The normalized spacial score (nSPS) is 12.1. The van der Waals surface area contributed by atoms with Crippen molar-refractivity contribution in [1.29, 1.82) is 0 Å². The molecule has 0 aliphatic heterocycles. The Morgan fingerprint density at radius 1 is 1.29 bits per heavy atom. The largest absolute Gasteiger partial charge is 0.431 e. The van der Waals surface area contributed by atoms with Gasteiger partial charge in [-0.15, -0.1) is 0 Å². The number of ketones is 1. The van der Waals surface area contributed by atoms with E-state index >= 15 is 0 Å². The highest BCUT2D eigenvalue weighted by atomic mass is 19.4. The van der Waals surface area contributed by atoms with Gasteiger partial charge in [0.2, 0.25) is 0 Å². The maximum Gasteiger partial charge on any atom is 0.431 e. The summed E-state index contributed by atoms with van der Waals surface area (Å²) in [6.45, 7) is 2.84. The predicted molar refractivity (Wildman–Crippen MR) is 58.0 cm³/mol. The molecule has 1 aromatic heterocycles. The molecule has 2 nitrogen and oxygen atoms in total. The second kappa shape index (κ2) is 3.61. The molecule has 0 bridgehead atoms. The third-order valence-corrected chi connectivity index (χ3v) is 2.68. The lowest BCUT2D eigenvalue weighted by Gasteiger charge is -2.05. The lowest BCUT2D eigenvalue weighted by Crippen LogP contribution is -2.10. The number of halogens is 3. The summed E-state index contributed by atoms with van der Waals surface area (Å²) >= 11 is 0. The Balaban J connectivity index is 2.90. The number of fused-ring (bicyclic) bond motifs is 1. The average molecular weight is 241 g/mol. The minimum Gasteiger partial charge on any atom is -0.350 e. The van der Waals surface area contributed by atoms with Crippen LogP contribution in [0.4, 0.5) is 13.2 Å². The van der Waals surface area contributed by atoms with E-state index in [9.17, 15) is 18.0 Å². The van der Waals surface area contributed by atoms with Crippen LogP contribution in [-0.4, -0.2) is 10.8 Å². The Labute approximate surface area is 95.4 Å². The number of carbonyl (C=O) groups is 1. The van der Waals surface area contributed by atoms with Crippen LogP contribution in [0, 0.1) is 6.92 Å².